The summed E-state index contributed by atoms with van der Waals surface area (Å²) >= 11 is 1.75. The van der Waals surface area contributed by atoms with Gasteiger partial charge in [-0.25, -0.2) is 4.98 Å². The number of nitrogens with zero attached hydrogens (tertiary/aromatic N) is 3. The van der Waals surface area contributed by atoms with Gasteiger partial charge in [0.2, 0.25) is 0 Å². The third kappa shape index (κ3) is 2.60. The Morgan fingerprint density at radius 3 is 3.14 bits per heavy atom. The molecule has 6 heteroatoms. The molecule has 0 bridgehead atoms. The van der Waals surface area contributed by atoms with Crippen molar-refractivity contribution in [1.29, 1.82) is 0 Å². The van der Waals surface area contributed by atoms with Gasteiger partial charge in [0, 0.05) is 36.5 Å². The van der Waals surface area contributed by atoms with E-state index < -0.39 is 0 Å². The van der Waals surface area contributed by atoms with Gasteiger partial charge in [0.05, 0.1) is 16.8 Å². The number of imidazole rings is 1. The Morgan fingerprint density at radius 2 is 2.36 bits per heavy atom. The van der Waals surface area contributed by atoms with Gasteiger partial charge in [-0.3, -0.25) is 10.00 Å². The molecule has 22 heavy (non-hydrogen) atoms. The highest BCUT2D eigenvalue weighted by molar-refractivity contribution is 7.13. The molecule has 1 aliphatic rings. The largest absolute Gasteiger partial charge is 0.346 e. The number of likely N-dealkylation sites (tertiary alicyclic amines) is 1. The van der Waals surface area contributed by atoms with Crippen LogP contribution in [0.3, 0.4) is 0 Å². The molecule has 0 spiro atoms. The van der Waals surface area contributed by atoms with Gasteiger partial charge >= 0.3 is 0 Å². The van der Waals surface area contributed by atoms with Crippen molar-refractivity contribution in [2.75, 3.05) is 13.1 Å². The highest BCUT2D eigenvalue weighted by Crippen LogP contribution is 2.30. The third-order valence-electron chi connectivity index (χ3n) is 4.26. The Kier molecular flexibility index (Phi) is 3.56. The molecule has 1 atom stereocenters. The predicted molar refractivity (Wildman–Crippen MR) is 87.9 cm³/mol. The van der Waals surface area contributed by atoms with Gasteiger partial charge in [-0.2, -0.15) is 5.10 Å². The molecule has 0 saturated carbocycles. The molecule has 0 radical (unpaired) electrons. The Hall–Kier alpha value is -1.92. The van der Waals surface area contributed by atoms with E-state index in [1.54, 1.807) is 11.3 Å². The number of aromatic nitrogens is 4. The van der Waals surface area contributed by atoms with Crippen molar-refractivity contribution in [2.24, 2.45) is 0 Å². The number of aromatic amines is 2. The number of rotatable bonds is 4. The summed E-state index contributed by atoms with van der Waals surface area (Å²) in [6, 6.07) is 4.22. The molecule has 0 amide bonds. The SMILES string of the molecule is Cc1cnc([C@@H]2CCN(Cc3cn[nH]c3-c3cccs3)C2)[nH]1. The topological polar surface area (TPSA) is 60.6 Å². The van der Waals surface area contributed by atoms with Gasteiger partial charge in [0.25, 0.3) is 0 Å². The quantitative estimate of drug-likeness (QED) is 0.778. The lowest BCUT2D eigenvalue weighted by Gasteiger charge is -2.15. The molecule has 1 fully saturated rings. The number of H-pyrrole nitrogens is 2. The maximum absolute atomic E-state index is 4.49. The predicted octanol–water partition coefficient (Wildman–Crippen LogP) is 3.16. The van der Waals surface area contributed by atoms with E-state index in [9.17, 15) is 0 Å². The van der Waals surface area contributed by atoms with Crippen LogP contribution in [-0.4, -0.2) is 38.2 Å². The zero-order chi connectivity index (χ0) is 14.9. The van der Waals surface area contributed by atoms with E-state index >= 15 is 0 Å². The standard InChI is InChI=1S/C16H19N5S/c1-11-7-17-16(19-11)12-4-5-21(9-12)10-13-8-18-20-15(13)14-3-2-6-22-14/h2-3,6-8,12H,4-5,9-10H2,1H3,(H,17,19)(H,18,20)/t12-/m1/s1. The summed E-state index contributed by atoms with van der Waals surface area (Å²) in [4.78, 5) is 11.6. The molecule has 114 valence electrons. The molecule has 0 aliphatic carbocycles. The van der Waals surface area contributed by atoms with E-state index in [-0.39, 0.29) is 0 Å². The number of aryl methyl sites for hydroxylation is 1. The first kappa shape index (κ1) is 13.7. The lowest BCUT2D eigenvalue weighted by molar-refractivity contribution is 0.326. The van der Waals surface area contributed by atoms with E-state index in [1.165, 1.54) is 16.9 Å². The van der Waals surface area contributed by atoms with E-state index in [2.05, 4.69) is 49.5 Å². The first-order chi connectivity index (χ1) is 10.8. The monoisotopic (exact) mass is 313 g/mol. The van der Waals surface area contributed by atoms with Crippen LogP contribution < -0.4 is 0 Å². The molecule has 5 nitrogen and oxygen atoms in total. The summed E-state index contributed by atoms with van der Waals surface area (Å²) in [5.74, 6) is 1.65. The molecular weight excluding hydrogens is 294 g/mol. The van der Waals surface area contributed by atoms with Crippen molar-refractivity contribution in [1.82, 2.24) is 25.1 Å². The normalized spacial score (nSPS) is 19.0. The van der Waals surface area contributed by atoms with Gasteiger partial charge in [-0.15, -0.1) is 11.3 Å². The van der Waals surface area contributed by atoms with Crippen molar-refractivity contribution in [3.8, 4) is 10.6 Å². The van der Waals surface area contributed by atoms with Crippen LogP contribution in [0.2, 0.25) is 0 Å². The van der Waals surface area contributed by atoms with Crippen LogP contribution in [0.25, 0.3) is 10.6 Å². The highest BCUT2D eigenvalue weighted by Gasteiger charge is 2.26. The molecule has 4 rings (SSSR count). The smallest absolute Gasteiger partial charge is 0.110 e. The molecule has 3 aromatic rings. The number of thiophene rings is 1. The summed E-state index contributed by atoms with van der Waals surface area (Å²) in [5.41, 5.74) is 3.58. The van der Waals surface area contributed by atoms with Crippen LogP contribution in [0.5, 0.6) is 0 Å². The zero-order valence-electron chi connectivity index (χ0n) is 12.5. The zero-order valence-corrected chi connectivity index (χ0v) is 13.4. The van der Waals surface area contributed by atoms with Crippen LogP contribution in [0.1, 0.15) is 29.4 Å². The van der Waals surface area contributed by atoms with E-state index in [4.69, 9.17) is 0 Å². The number of nitrogens with one attached hydrogen (secondary N) is 2. The van der Waals surface area contributed by atoms with Gasteiger partial charge in [0.15, 0.2) is 0 Å². The molecule has 4 heterocycles. The average Bonchev–Trinajstić information content (AvgIpc) is 3.25. The lowest BCUT2D eigenvalue weighted by atomic mass is 10.1. The molecular formula is C16H19N5S. The number of hydrogen-bond donors (Lipinski definition) is 2. The average molecular weight is 313 g/mol. The first-order valence-corrected chi connectivity index (χ1v) is 8.47. The maximum atomic E-state index is 4.49. The van der Waals surface area contributed by atoms with Crippen molar-refractivity contribution < 1.29 is 0 Å². The van der Waals surface area contributed by atoms with Crippen LogP contribution >= 0.6 is 11.3 Å². The lowest BCUT2D eigenvalue weighted by Crippen LogP contribution is -2.20. The van der Waals surface area contributed by atoms with Crippen molar-refractivity contribution in [3.05, 3.63) is 47.0 Å². The van der Waals surface area contributed by atoms with Crippen LogP contribution in [0.4, 0.5) is 0 Å². The summed E-state index contributed by atoms with van der Waals surface area (Å²) in [6.07, 6.45) is 5.04. The minimum absolute atomic E-state index is 0.519. The van der Waals surface area contributed by atoms with Crippen LogP contribution in [-0.2, 0) is 6.54 Å². The Bertz CT molecular complexity index is 742. The Labute approximate surface area is 133 Å². The van der Waals surface area contributed by atoms with Gasteiger partial charge in [0.1, 0.15) is 5.82 Å². The third-order valence-corrected chi connectivity index (χ3v) is 5.15. The summed E-state index contributed by atoms with van der Waals surface area (Å²) < 4.78 is 0. The highest BCUT2D eigenvalue weighted by atomic mass is 32.1. The second-order valence-electron chi connectivity index (χ2n) is 5.92. The second kappa shape index (κ2) is 5.70. The molecule has 1 aliphatic heterocycles. The number of hydrogen-bond acceptors (Lipinski definition) is 4. The second-order valence-corrected chi connectivity index (χ2v) is 6.87. The molecule has 0 aromatic carbocycles. The molecule has 3 aromatic heterocycles. The van der Waals surface area contributed by atoms with Gasteiger partial charge < -0.3 is 4.98 Å². The molecule has 2 N–H and O–H groups in total. The van der Waals surface area contributed by atoms with Crippen LogP contribution in [0.15, 0.2) is 29.9 Å². The fourth-order valence-electron chi connectivity index (χ4n) is 3.15. The minimum atomic E-state index is 0.519. The Morgan fingerprint density at radius 1 is 1.41 bits per heavy atom. The van der Waals surface area contributed by atoms with E-state index in [0.717, 1.165) is 36.8 Å². The van der Waals surface area contributed by atoms with Crippen molar-refractivity contribution >= 4 is 11.3 Å². The van der Waals surface area contributed by atoms with E-state index in [0.29, 0.717) is 5.92 Å². The maximum Gasteiger partial charge on any atom is 0.110 e. The summed E-state index contributed by atoms with van der Waals surface area (Å²) in [6.45, 7) is 5.17. The Balaban J connectivity index is 1.46. The summed E-state index contributed by atoms with van der Waals surface area (Å²) in [7, 11) is 0. The molecule has 1 saturated heterocycles. The summed E-state index contributed by atoms with van der Waals surface area (Å²) in [5, 5.41) is 9.48. The first-order valence-electron chi connectivity index (χ1n) is 7.59. The molecule has 0 unspecified atom stereocenters. The van der Waals surface area contributed by atoms with Gasteiger partial charge in [-0.05, 0) is 31.3 Å². The van der Waals surface area contributed by atoms with Crippen molar-refractivity contribution in [3.63, 3.8) is 0 Å². The van der Waals surface area contributed by atoms with E-state index in [1.807, 2.05) is 12.4 Å². The van der Waals surface area contributed by atoms with Crippen LogP contribution in [0, 0.1) is 6.92 Å². The fourth-order valence-corrected chi connectivity index (χ4v) is 3.90. The van der Waals surface area contributed by atoms with Crippen molar-refractivity contribution in [2.45, 2.75) is 25.8 Å². The minimum Gasteiger partial charge on any atom is -0.346 e. The van der Waals surface area contributed by atoms with Gasteiger partial charge in [-0.1, -0.05) is 6.07 Å². The fraction of sp³-hybridized carbons (Fsp3) is 0.375.